The second-order valence-electron chi connectivity index (χ2n) is 7.63. The van der Waals surface area contributed by atoms with Crippen LogP contribution in [0, 0.1) is 25.2 Å². The lowest BCUT2D eigenvalue weighted by atomic mass is 10.0. The Hall–Kier alpha value is -2.69. The average Bonchev–Trinajstić information content (AvgIpc) is 3.18. The van der Waals surface area contributed by atoms with Crippen LogP contribution in [0.15, 0.2) is 42.7 Å². The molecule has 1 saturated carbocycles. The van der Waals surface area contributed by atoms with Crippen LogP contribution in [0.5, 0.6) is 0 Å². The van der Waals surface area contributed by atoms with Gasteiger partial charge in [0, 0.05) is 36.2 Å². The number of anilines is 1. The van der Waals surface area contributed by atoms with Gasteiger partial charge in [-0.25, -0.2) is 0 Å². The predicted octanol–water partition coefficient (Wildman–Crippen LogP) is 3.19. The summed E-state index contributed by atoms with van der Waals surface area (Å²) < 4.78 is 0. The summed E-state index contributed by atoms with van der Waals surface area (Å²) in [5, 5.41) is 2.94. The van der Waals surface area contributed by atoms with Crippen LogP contribution in [0.3, 0.4) is 0 Å². The molecule has 0 bridgehead atoms. The van der Waals surface area contributed by atoms with E-state index in [1.54, 1.807) is 18.5 Å². The van der Waals surface area contributed by atoms with Gasteiger partial charge in [0.1, 0.15) is 0 Å². The van der Waals surface area contributed by atoms with Crippen molar-refractivity contribution < 1.29 is 9.59 Å². The second kappa shape index (κ2) is 6.24. The van der Waals surface area contributed by atoms with E-state index in [4.69, 9.17) is 0 Å². The number of benzene rings is 1. The minimum atomic E-state index is -0.0400. The Kier molecular flexibility index (Phi) is 4.02. The van der Waals surface area contributed by atoms with Crippen LogP contribution < -0.4 is 5.32 Å². The van der Waals surface area contributed by atoms with Gasteiger partial charge in [-0.3, -0.25) is 14.6 Å². The molecule has 0 unspecified atom stereocenters. The van der Waals surface area contributed by atoms with Crippen molar-refractivity contribution >= 4 is 17.5 Å². The molecule has 5 nitrogen and oxygen atoms in total. The Morgan fingerprint density at radius 3 is 2.81 bits per heavy atom. The number of likely N-dealkylation sites (tertiary alicyclic amines) is 1. The zero-order chi connectivity index (χ0) is 18.3. The van der Waals surface area contributed by atoms with Crippen molar-refractivity contribution in [3.05, 3.63) is 59.4 Å². The van der Waals surface area contributed by atoms with Gasteiger partial charge in [-0.1, -0.05) is 6.07 Å². The van der Waals surface area contributed by atoms with Gasteiger partial charge in [0.25, 0.3) is 5.91 Å². The smallest absolute Gasteiger partial charge is 0.253 e. The molecule has 2 aliphatic rings. The van der Waals surface area contributed by atoms with Gasteiger partial charge in [0.05, 0.1) is 11.9 Å². The topological polar surface area (TPSA) is 62.3 Å². The maximum Gasteiger partial charge on any atom is 0.253 e. The van der Waals surface area contributed by atoms with Crippen LogP contribution in [0.4, 0.5) is 5.69 Å². The summed E-state index contributed by atoms with van der Waals surface area (Å²) in [5.74, 6) is 0.0991. The molecule has 2 fully saturated rings. The fourth-order valence-electron chi connectivity index (χ4n) is 3.96. The maximum absolute atomic E-state index is 12.8. The second-order valence-corrected chi connectivity index (χ2v) is 7.63. The molecule has 2 heterocycles. The van der Waals surface area contributed by atoms with E-state index in [2.05, 4.69) is 10.3 Å². The van der Waals surface area contributed by atoms with Crippen molar-refractivity contribution in [3.8, 4) is 0 Å². The highest BCUT2D eigenvalue weighted by Gasteiger charge is 2.61. The summed E-state index contributed by atoms with van der Waals surface area (Å²) in [6, 6.07) is 9.49. The van der Waals surface area contributed by atoms with Crippen LogP contribution in [0.25, 0.3) is 0 Å². The molecule has 1 aliphatic heterocycles. The van der Waals surface area contributed by atoms with Gasteiger partial charge in [-0.2, -0.15) is 0 Å². The van der Waals surface area contributed by atoms with Crippen molar-refractivity contribution in [2.24, 2.45) is 11.3 Å². The van der Waals surface area contributed by atoms with Gasteiger partial charge in [-0.05, 0) is 62.1 Å². The van der Waals surface area contributed by atoms with Gasteiger partial charge in [0.2, 0.25) is 5.91 Å². The number of carbonyl (C=O) groups is 2. The molecule has 1 aliphatic carbocycles. The summed E-state index contributed by atoms with van der Waals surface area (Å²) in [5.41, 5.74) is 3.74. The first-order valence-electron chi connectivity index (χ1n) is 9.06. The fraction of sp³-hybridized carbons (Fsp3) is 0.381. The Morgan fingerprint density at radius 2 is 2.08 bits per heavy atom. The lowest BCUT2D eigenvalue weighted by molar-refractivity contribution is -0.118. The lowest BCUT2D eigenvalue weighted by Gasteiger charge is -2.17. The molecule has 1 aromatic heterocycles. The number of pyridine rings is 1. The van der Waals surface area contributed by atoms with E-state index in [0.717, 1.165) is 36.2 Å². The van der Waals surface area contributed by atoms with Crippen molar-refractivity contribution in [1.82, 2.24) is 9.88 Å². The highest BCUT2D eigenvalue weighted by atomic mass is 16.2. The molecule has 5 heteroatoms. The van der Waals surface area contributed by atoms with E-state index in [1.807, 2.05) is 43.0 Å². The molecular weight excluding hydrogens is 326 g/mol. The monoisotopic (exact) mass is 349 g/mol. The third kappa shape index (κ3) is 2.98. The van der Waals surface area contributed by atoms with Crippen LogP contribution in [0.2, 0.25) is 0 Å². The molecule has 2 aromatic rings. The number of aryl methyl sites for hydroxylation is 2. The van der Waals surface area contributed by atoms with E-state index < -0.39 is 0 Å². The summed E-state index contributed by atoms with van der Waals surface area (Å²) in [4.78, 5) is 31.3. The Bertz CT molecular complexity index is 865. The van der Waals surface area contributed by atoms with E-state index >= 15 is 0 Å². The highest BCUT2D eigenvalue weighted by molar-refractivity contribution is 5.97. The molecule has 26 heavy (non-hydrogen) atoms. The van der Waals surface area contributed by atoms with Crippen molar-refractivity contribution in [3.63, 3.8) is 0 Å². The summed E-state index contributed by atoms with van der Waals surface area (Å²) in [7, 11) is 0. The maximum atomic E-state index is 12.8. The number of rotatable bonds is 3. The molecule has 1 aromatic carbocycles. The molecule has 134 valence electrons. The SMILES string of the molecule is Cc1ccc(C(=O)N2CC[C@]3(C[C@H]3C(=O)Nc3cccnc3)C2)cc1C. The standard InChI is InChI=1S/C21H23N3O2/c1-14-5-6-16(10-15(14)2)20(26)24-9-7-21(13-24)11-18(21)19(25)23-17-4-3-8-22-12-17/h3-6,8,10,12,18H,7,9,11,13H2,1-2H3,(H,23,25)/t18-,21-/m0/s1. The third-order valence-corrected chi connectivity index (χ3v) is 5.86. The fourth-order valence-corrected chi connectivity index (χ4v) is 3.96. The van der Waals surface area contributed by atoms with Crippen molar-refractivity contribution in [1.29, 1.82) is 0 Å². The number of nitrogens with one attached hydrogen (secondary N) is 1. The van der Waals surface area contributed by atoms with Crippen LogP contribution in [0.1, 0.15) is 34.3 Å². The van der Waals surface area contributed by atoms with Crippen LogP contribution in [-0.4, -0.2) is 34.8 Å². The molecule has 4 rings (SSSR count). The molecule has 0 radical (unpaired) electrons. The number of hydrogen-bond donors (Lipinski definition) is 1. The normalized spacial score (nSPS) is 23.9. The Morgan fingerprint density at radius 1 is 1.23 bits per heavy atom. The minimum absolute atomic E-state index is 0.0136. The number of aromatic nitrogens is 1. The quantitative estimate of drug-likeness (QED) is 0.926. The molecule has 1 N–H and O–H groups in total. The van der Waals surface area contributed by atoms with Crippen LogP contribution >= 0.6 is 0 Å². The summed E-state index contributed by atoms with van der Waals surface area (Å²) >= 11 is 0. The molecule has 1 saturated heterocycles. The predicted molar refractivity (Wildman–Crippen MR) is 99.8 cm³/mol. The average molecular weight is 349 g/mol. The summed E-state index contributed by atoms with van der Waals surface area (Å²) in [6.45, 7) is 5.47. The first-order valence-corrected chi connectivity index (χ1v) is 9.06. The molecule has 2 amide bonds. The van der Waals surface area contributed by atoms with Gasteiger partial charge in [0.15, 0.2) is 0 Å². The molecule has 2 atom stereocenters. The van der Waals surface area contributed by atoms with Crippen LogP contribution in [-0.2, 0) is 4.79 Å². The van der Waals surface area contributed by atoms with E-state index in [9.17, 15) is 9.59 Å². The number of amides is 2. The number of carbonyl (C=O) groups excluding carboxylic acids is 2. The largest absolute Gasteiger partial charge is 0.338 e. The van der Waals surface area contributed by atoms with E-state index in [0.29, 0.717) is 6.54 Å². The van der Waals surface area contributed by atoms with E-state index in [-0.39, 0.29) is 23.1 Å². The number of hydrogen-bond acceptors (Lipinski definition) is 3. The van der Waals surface area contributed by atoms with Crippen molar-refractivity contribution in [2.75, 3.05) is 18.4 Å². The molecule has 1 spiro atoms. The van der Waals surface area contributed by atoms with Gasteiger partial charge >= 0.3 is 0 Å². The zero-order valence-corrected chi connectivity index (χ0v) is 15.2. The minimum Gasteiger partial charge on any atom is -0.338 e. The molecular formula is C21H23N3O2. The zero-order valence-electron chi connectivity index (χ0n) is 15.2. The Balaban J connectivity index is 1.40. The third-order valence-electron chi connectivity index (χ3n) is 5.86. The van der Waals surface area contributed by atoms with E-state index in [1.165, 1.54) is 5.56 Å². The van der Waals surface area contributed by atoms with Gasteiger partial charge in [-0.15, -0.1) is 0 Å². The first-order chi connectivity index (χ1) is 12.5. The Labute approximate surface area is 153 Å². The van der Waals surface area contributed by atoms with Gasteiger partial charge < -0.3 is 10.2 Å². The first kappa shape index (κ1) is 16.8. The summed E-state index contributed by atoms with van der Waals surface area (Å²) in [6.07, 6.45) is 5.09. The lowest BCUT2D eigenvalue weighted by Crippen LogP contribution is -2.30. The highest BCUT2D eigenvalue weighted by Crippen LogP contribution is 2.58. The number of nitrogens with zero attached hydrogens (tertiary/aromatic N) is 2. The van der Waals surface area contributed by atoms with Crippen molar-refractivity contribution in [2.45, 2.75) is 26.7 Å².